The van der Waals surface area contributed by atoms with E-state index in [9.17, 15) is 13.5 Å². The molecule has 1 atom stereocenters. The van der Waals surface area contributed by atoms with E-state index in [4.69, 9.17) is 4.98 Å². The second kappa shape index (κ2) is 13.4. The van der Waals surface area contributed by atoms with E-state index in [1.807, 2.05) is 134 Å². The number of imidazole rings is 1. The summed E-state index contributed by atoms with van der Waals surface area (Å²) in [6.07, 6.45) is 3.70. The molecule has 0 spiro atoms. The summed E-state index contributed by atoms with van der Waals surface area (Å²) >= 11 is 0. The molecular weight excluding hydrogens is 699 g/mol. The van der Waals surface area contributed by atoms with Crippen LogP contribution in [0.5, 0.6) is 0 Å². The van der Waals surface area contributed by atoms with Crippen LogP contribution in [0.1, 0.15) is 39.1 Å². The zero-order valence-corrected chi connectivity index (χ0v) is 30.9. The number of aliphatic hydroxyl groups is 1. The van der Waals surface area contributed by atoms with Crippen LogP contribution in [0.15, 0.2) is 205 Å². The van der Waals surface area contributed by atoms with Gasteiger partial charge in [0, 0.05) is 17.0 Å². The minimum absolute atomic E-state index is 0.183. The van der Waals surface area contributed by atoms with Crippen LogP contribution in [-0.4, -0.2) is 27.0 Å². The Labute approximate surface area is 320 Å². The fourth-order valence-corrected chi connectivity index (χ4v) is 9.57. The maximum Gasteiger partial charge on any atom is 0.268 e. The first-order chi connectivity index (χ1) is 26.8. The molecule has 0 aliphatic heterocycles. The average molecular weight is 736 g/mol. The maximum atomic E-state index is 14.5. The molecule has 6 nitrogen and oxygen atoms in total. The van der Waals surface area contributed by atoms with Crippen molar-refractivity contribution in [2.45, 2.75) is 23.0 Å². The number of aromatic nitrogens is 3. The van der Waals surface area contributed by atoms with Crippen molar-refractivity contribution in [2.24, 2.45) is 0 Å². The Hall–Kier alpha value is -6.54. The van der Waals surface area contributed by atoms with E-state index in [0.29, 0.717) is 27.9 Å². The van der Waals surface area contributed by atoms with Gasteiger partial charge in [-0.1, -0.05) is 169 Å². The quantitative estimate of drug-likeness (QED) is 0.150. The first kappa shape index (κ1) is 34.2. The molecule has 1 unspecified atom stereocenters. The fourth-order valence-electron chi connectivity index (χ4n) is 8.06. The molecule has 2 aromatic heterocycles. The van der Waals surface area contributed by atoms with Crippen molar-refractivity contribution in [3.63, 3.8) is 0 Å². The Bertz CT molecular complexity index is 2790. The van der Waals surface area contributed by atoms with E-state index in [2.05, 4.69) is 41.0 Å². The van der Waals surface area contributed by atoms with Crippen molar-refractivity contribution in [2.75, 3.05) is 0 Å². The van der Waals surface area contributed by atoms with Gasteiger partial charge in [0.15, 0.2) is 5.60 Å². The standard InChI is InChI=1S/C48H37N3O3S/c1-35-26-29-41(30-27-35)55(53,54)51-44-25-15-14-24-42(44)43-31-28-40(32-45(43)51)48(52,39-22-12-5-13-23-39)46-33-50(34-49-46)47(36-16-6-2-7-17-36,37-18-8-3-9-19-37)38-20-10-4-11-21-38/h2-34,52H,1H3. The largest absolute Gasteiger partial charge is 0.374 e. The lowest BCUT2D eigenvalue weighted by molar-refractivity contribution is 0.121. The second-order valence-corrected chi connectivity index (χ2v) is 15.7. The molecule has 0 aliphatic rings. The zero-order chi connectivity index (χ0) is 37.6. The van der Waals surface area contributed by atoms with Gasteiger partial charge in [-0.25, -0.2) is 17.4 Å². The summed E-state index contributed by atoms with van der Waals surface area (Å²) in [5.41, 5.74) is 3.85. The van der Waals surface area contributed by atoms with Crippen molar-refractivity contribution in [1.29, 1.82) is 0 Å². The van der Waals surface area contributed by atoms with Gasteiger partial charge in [0.05, 0.1) is 28.0 Å². The number of hydrogen-bond acceptors (Lipinski definition) is 4. The van der Waals surface area contributed by atoms with Crippen LogP contribution in [0.25, 0.3) is 21.8 Å². The zero-order valence-electron chi connectivity index (χ0n) is 30.1. The van der Waals surface area contributed by atoms with E-state index in [1.165, 1.54) is 3.97 Å². The first-order valence-electron chi connectivity index (χ1n) is 18.2. The lowest BCUT2D eigenvalue weighted by Crippen LogP contribution is -2.37. The molecule has 0 saturated carbocycles. The summed E-state index contributed by atoms with van der Waals surface area (Å²) in [7, 11) is -4.05. The van der Waals surface area contributed by atoms with E-state index < -0.39 is 21.2 Å². The highest BCUT2D eigenvalue weighted by atomic mass is 32.2. The highest BCUT2D eigenvalue weighted by Gasteiger charge is 2.42. The van der Waals surface area contributed by atoms with Gasteiger partial charge in [0.2, 0.25) is 0 Å². The molecule has 268 valence electrons. The van der Waals surface area contributed by atoms with Gasteiger partial charge >= 0.3 is 0 Å². The predicted octanol–water partition coefficient (Wildman–Crippen LogP) is 9.66. The van der Waals surface area contributed by atoms with E-state index >= 15 is 0 Å². The molecule has 9 rings (SSSR count). The van der Waals surface area contributed by atoms with Crippen molar-refractivity contribution < 1.29 is 13.5 Å². The summed E-state index contributed by atoms with van der Waals surface area (Å²) in [6, 6.07) is 60.3. The Morgan fingerprint density at radius 3 is 1.58 bits per heavy atom. The molecule has 7 heteroatoms. The summed E-state index contributed by atoms with van der Waals surface area (Å²) < 4.78 is 32.6. The van der Waals surface area contributed by atoms with Crippen LogP contribution < -0.4 is 0 Å². The molecule has 0 amide bonds. The van der Waals surface area contributed by atoms with Crippen LogP contribution in [0.4, 0.5) is 0 Å². The van der Waals surface area contributed by atoms with Gasteiger partial charge < -0.3 is 9.67 Å². The molecule has 2 heterocycles. The molecule has 55 heavy (non-hydrogen) atoms. The lowest BCUT2D eigenvalue weighted by Gasteiger charge is -2.37. The highest BCUT2D eigenvalue weighted by molar-refractivity contribution is 7.90. The third-order valence-electron chi connectivity index (χ3n) is 10.7. The summed E-state index contributed by atoms with van der Waals surface area (Å²) in [5.74, 6) is 0. The topological polar surface area (TPSA) is 77.1 Å². The van der Waals surface area contributed by atoms with Crippen LogP contribution in [0.2, 0.25) is 0 Å². The maximum absolute atomic E-state index is 14.5. The van der Waals surface area contributed by atoms with Gasteiger partial charge in [-0.2, -0.15) is 0 Å². The van der Waals surface area contributed by atoms with Crippen LogP contribution in [0, 0.1) is 6.92 Å². The number of fused-ring (bicyclic) bond motifs is 3. The summed E-state index contributed by atoms with van der Waals surface area (Å²) in [5, 5.41) is 14.9. The molecule has 0 bridgehead atoms. The number of hydrogen-bond donors (Lipinski definition) is 1. The molecule has 0 aliphatic carbocycles. The van der Waals surface area contributed by atoms with Gasteiger partial charge in [0.1, 0.15) is 5.54 Å². The van der Waals surface area contributed by atoms with Crippen molar-refractivity contribution in [3.05, 3.63) is 240 Å². The number of benzene rings is 7. The van der Waals surface area contributed by atoms with E-state index in [0.717, 1.165) is 33.0 Å². The normalized spacial score (nSPS) is 13.2. The number of nitrogens with zero attached hydrogens (tertiary/aromatic N) is 3. The van der Waals surface area contributed by atoms with Gasteiger partial charge in [-0.3, -0.25) is 0 Å². The van der Waals surface area contributed by atoms with Crippen LogP contribution in [-0.2, 0) is 21.2 Å². The van der Waals surface area contributed by atoms with Crippen LogP contribution in [0.3, 0.4) is 0 Å². The number of para-hydroxylation sites is 1. The average Bonchev–Trinajstić information content (AvgIpc) is 3.87. The third kappa shape index (κ3) is 5.43. The Balaban J connectivity index is 1.31. The highest BCUT2D eigenvalue weighted by Crippen LogP contribution is 2.44. The van der Waals surface area contributed by atoms with E-state index in [1.54, 1.807) is 36.7 Å². The van der Waals surface area contributed by atoms with Gasteiger partial charge in [-0.05, 0) is 59.0 Å². The molecular formula is C48H37N3O3S. The first-order valence-corrected chi connectivity index (χ1v) is 19.6. The Morgan fingerprint density at radius 2 is 1.02 bits per heavy atom. The van der Waals surface area contributed by atoms with E-state index in [-0.39, 0.29) is 4.90 Å². The molecule has 9 aromatic rings. The molecule has 0 saturated heterocycles. The number of aryl methyl sites for hydroxylation is 1. The predicted molar refractivity (Wildman–Crippen MR) is 219 cm³/mol. The van der Waals surface area contributed by atoms with Crippen molar-refractivity contribution in [3.8, 4) is 0 Å². The van der Waals surface area contributed by atoms with Gasteiger partial charge in [0.25, 0.3) is 10.0 Å². The minimum Gasteiger partial charge on any atom is -0.374 e. The van der Waals surface area contributed by atoms with Crippen LogP contribution >= 0.6 is 0 Å². The second-order valence-electron chi connectivity index (χ2n) is 13.9. The molecule has 0 radical (unpaired) electrons. The smallest absolute Gasteiger partial charge is 0.268 e. The van der Waals surface area contributed by atoms with Crippen molar-refractivity contribution >= 4 is 31.8 Å². The summed E-state index contributed by atoms with van der Waals surface area (Å²) in [4.78, 5) is 5.20. The third-order valence-corrected chi connectivity index (χ3v) is 12.5. The molecule has 0 fully saturated rings. The molecule has 7 aromatic carbocycles. The number of rotatable bonds is 9. The summed E-state index contributed by atoms with van der Waals surface area (Å²) in [6.45, 7) is 1.93. The SMILES string of the molecule is Cc1ccc(S(=O)(=O)n2c3ccccc3c3ccc(C(O)(c4ccccc4)c4cn(C(c5ccccc5)(c5ccccc5)c5ccccc5)cn4)cc32)cc1. The fraction of sp³-hybridized carbons (Fsp3) is 0.0625. The van der Waals surface area contributed by atoms with Crippen molar-refractivity contribution in [1.82, 2.24) is 13.5 Å². The lowest BCUT2D eigenvalue weighted by atomic mass is 9.76. The Kier molecular flexibility index (Phi) is 8.34. The Morgan fingerprint density at radius 1 is 0.527 bits per heavy atom. The monoisotopic (exact) mass is 735 g/mol. The van der Waals surface area contributed by atoms with Gasteiger partial charge in [-0.15, -0.1) is 0 Å². The minimum atomic E-state index is -4.05. The molecule has 1 N–H and O–H groups in total.